The van der Waals surface area contributed by atoms with Crippen LogP contribution in [0.15, 0.2) is 16.6 Å². The van der Waals surface area contributed by atoms with Crippen molar-refractivity contribution in [3.8, 4) is 0 Å². The molecule has 1 aliphatic heterocycles. The van der Waals surface area contributed by atoms with Gasteiger partial charge in [-0.25, -0.2) is 4.39 Å². The first-order chi connectivity index (χ1) is 9.34. The molecule has 0 saturated carbocycles. The minimum absolute atomic E-state index is 0.175. The van der Waals surface area contributed by atoms with Gasteiger partial charge in [0.15, 0.2) is 5.82 Å². The van der Waals surface area contributed by atoms with Gasteiger partial charge in [-0.05, 0) is 48.3 Å². The topological polar surface area (TPSA) is 32.5 Å². The van der Waals surface area contributed by atoms with Gasteiger partial charge in [-0.15, -0.1) is 0 Å². The van der Waals surface area contributed by atoms with Crippen molar-refractivity contribution in [2.75, 3.05) is 31.1 Å². The van der Waals surface area contributed by atoms with E-state index in [0.29, 0.717) is 16.7 Å². The Morgan fingerprint density at radius 1 is 1.20 bits per heavy atom. The Labute approximate surface area is 129 Å². The van der Waals surface area contributed by atoms with Gasteiger partial charge in [-0.2, -0.15) is 0 Å². The summed E-state index contributed by atoms with van der Waals surface area (Å²) in [5, 5.41) is 0. The molecule has 20 heavy (non-hydrogen) atoms. The summed E-state index contributed by atoms with van der Waals surface area (Å²) < 4.78 is 14.9. The molecule has 1 aromatic rings. The highest BCUT2D eigenvalue weighted by Gasteiger charge is 2.27. The molecule has 1 fully saturated rings. The zero-order valence-electron chi connectivity index (χ0n) is 12.4. The van der Waals surface area contributed by atoms with Gasteiger partial charge in [0, 0.05) is 38.3 Å². The Bertz CT molecular complexity index is 477. The zero-order chi connectivity index (χ0) is 14.9. The molecule has 1 heterocycles. The van der Waals surface area contributed by atoms with E-state index in [4.69, 9.17) is 5.73 Å². The number of benzene rings is 1. The number of hydrogen-bond acceptors (Lipinski definition) is 3. The minimum atomic E-state index is -0.197. The maximum absolute atomic E-state index is 14.4. The van der Waals surface area contributed by atoms with Gasteiger partial charge in [0.1, 0.15) is 0 Å². The number of anilines is 1. The number of nitrogens with zero attached hydrogens (tertiary/aromatic N) is 2. The largest absolute Gasteiger partial charge is 0.367 e. The summed E-state index contributed by atoms with van der Waals surface area (Å²) in [6, 6.07) is 3.74. The highest BCUT2D eigenvalue weighted by atomic mass is 79.9. The molecule has 1 aromatic carbocycles. The van der Waals surface area contributed by atoms with E-state index in [-0.39, 0.29) is 11.4 Å². The molecule has 0 spiro atoms. The van der Waals surface area contributed by atoms with Crippen LogP contribution in [0.1, 0.15) is 26.3 Å². The lowest BCUT2D eigenvalue weighted by molar-refractivity contribution is 0.128. The lowest BCUT2D eigenvalue weighted by Gasteiger charge is -2.43. The Hall–Kier alpha value is -0.650. The zero-order valence-corrected chi connectivity index (χ0v) is 14.0. The van der Waals surface area contributed by atoms with Crippen molar-refractivity contribution >= 4 is 21.6 Å². The molecule has 0 aromatic heterocycles. The smallest absolute Gasteiger partial charge is 0.160 e. The van der Waals surface area contributed by atoms with Crippen molar-refractivity contribution in [2.45, 2.75) is 32.9 Å². The van der Waals surface area contributed by atoms with Crippen molar-refractivity contribution in [3.63, 3.8) is 0 Å². The summed E-state index contributed by atoms with van der Waals surface area (Å²) in [5.74, 6) is -0.197. The average Bonchev–Trinajstić information content (AvgIpc) is 2.41. The van der Waals surface area contributed by atoms with E-state index >= 15 is 0 Å². The van der Waals surface area contributed by atoms with E-state index in [1.54, 1.807) is 0 Å². The second kappa shape index (κ2) is 6.00. The number of piperazine rings is 1. The first-order valence-corrected chi connectivity index (χ1v) is 7.81. The number of rotatable bonds is 2. The summed E-state index contributed by atoms with van der Waals surface area (Å²) in [6.07, 6.45) is 0. The van der Waals surface area contributed by atoms with Gasteiger partial charge in [0.25, 0.3) is 0 Å². The number of nitrogens with two attached hydrogens (primary N) is 1. The predicted molar refractivity (Wildman–Crippen MR) is 85.5 cm³/mol. The fraction of sp³-hybridized carbons (Fsp3) is 0.600. The molecule has 2 N–H and O–H groups in total. The lowest BCUT2D eigenvalue weighted by atomic mass is 10.0. The van der Waals surface area contributed by atoms with E-state index < -0.39 is 0 Å². The van der Waals surface area contributed by atoms with Gasteiger partial charge in [0.2, 0.25) is 0 Å². The van der Waals surface area contributed by atoms with Crippen LogP contribution in [0.5, 0.6) is 0 Å². The highest BCUT2D eigenvalue weighted by Crippen LogP contribution is 2.30. The van der Waals surface area contributed by atoms with E-state index in [1.807, 2.05) is 12.1 Å². The molecule has 0 bridgehead atoms. The molecular weight excluding hydrogens is 321 g/mol. The molecule has 1 aliphatic rings. The van der Waals surface area contributed by atoms with Crippen LogP contribution < -0.4 is 10.6 Å². The first kappa shape index (κ1) is 15.7. The van der Waals surface area contributed by atoms with Crippen LogP contribution >= 0.6 is 15.9 Å². The molecule has 0 unspecified atom stereocenters. The van der Waals surface area contributed by atoms with Gasteiger partial charge < -0.3 is 10.6 Å². The summed E-state index contributed by atoms with van der Waals surface area (Å²) in [4.78, 5) is 4.55. The van der Waals surface area contributed by atoms with Crippen molar-refractivity contribution in [1.82, 2.24) is 4.90 Å². The molecule has 0 atom stereocenters. The van der Waals surface area contributed by atoms with Gasteiger partial charge in [-0.1, -0.05) is 6.07 Å². The Morgan fingerprint density at radius 3 is 2.30 bits per heavy atom. The Balaban J connectivity index is 2.13. The van der Waals surface area contributed by atoms with E-state index in [1.165, 1.54) is 0 Å². The van der Waals surface area contributed by atoms with Gasteiger partial charge in [-0.3, -0.25) is 4.90 Å². The number of halogens is 2. The molecular formula is C15H23BrFN3. The van der Waals surface area contributed by atoms with Crippen LogP contribution in [0.3, 0.4) is 0 Å². The molecule has 3 nitrogen and oxygen atoms in total. The first-order valence-electron chi connectivity index (χ1n) is 7.01. The highest BCUT2D eigenvalue weighted by molar-refractivity contribution is 9.10. The van der Waals surface area contributed by atoms with Crippen LogP contribution in [0.25, 0.3) is 0 Å². The Kier molecular flexibility index (Phi) is 4.72. The normalized spacial score (nSPS) is 17.6. The summed E-state index contributed by atoms with van der Waals surface area (Å²) in [5.41, 5.74) is 7.25. The number of hydrogen-bond donors (Lipinski definition) is 1. The molecule has 2 rings (SSSR count). The van der Waals surface area contributed by atoms with Crippen molar-refractivity contribution < 1.29 is 4.39 Å². The quantitative estimate of drug-likeness (QED) is 0.895. The van der Waals surface area contributed by atoms with E-state index in [2.05, 4.69) is 46.5 Å². The van der Waals surface area contributed by atoms with Gasteiger partial charge >= 0.3 is 0 Å². The fourth-order valence-electron chi connectivity index (χ4n) is 2.60. The maximum atomic E-state index is 14.4. The summed E-state index contributed by atoms with van der Waals surface area (Å²) >= 11 is 3.31. The molecule has 0 aliphatic carbocycles. The van der Waals surface area contributed by atoms with Crippen molar-refractivity contribution in [1.29, 1.82) is 0 Å². The molecule has 1 saturated heterocycles. The summed E-state index contributed by atoms with van der Waals surface area (Å²) in [7, 11) is 0. The van der Waals surface area contributed by atoms with Crippen LogP contribution in [0, 0.1) is 5.82 Å². The SMILES string of the molecule is CC(C)(C)N1CCN(c2ccc(CN)c(Br)c2F)CC1. The molecule has 112 valence electrons. The van der Waals surface area contributed by atoms with E-state index in [9.17, 15) is 4.39 Å². The Morgan fingerprint density at radius 2 is 1.80 bits per heavy atom. The van der Waals surface area contributed by atoms with E-state index in [0.717, 1.165) is 31.7 Å². The van der Waals surface area contributed by atoms with Gasteiger partial charge in [0.05, 0.1) is 10.2 Å². The molecule has 0 amide bonds. The van der Waals surface area contributed by atoms with Crippen LogP contribution in [-0.4, -0.2) is 36.6 Å². The molecule has 5 heteroatoms. The lowest BCUT2D eigenvalue weighted by Crippen LogP contribution is -2.53. The van der Waals surface area contributed by atoms with Crippen LogP contribution in [0.2, 0.25) is 0 Å². The third kappa shape index (κ3) is 3.15. The third-order valence-corrected chi connectivity index (χ3v) is 4.79. The third-order valence-electron chi connectivity index (χ3n) is 3.93. The second-order valence-corrected chi connectivity index (χ2v) is 7.01. The van der Waals surface area contributed by atoms with Crippen molar-refractivity contribution in [2.24, 2.45) is 5.73 Å². The van der Waals surface area contributed by atoms with Crippen LogP contribution in [0.4, 0.5) is 10.1 Å². The molecule has 0 radical (unpaired) electrons. The minimum Gasteiger partial charge on any atom is -0.367 e. The predicted octanol–water partition coefficient (Wildman–Crippen LogP) is 2.97. The maximum Gasteiger partial charge on any atom is 0.160 e. The average molecular weight is 344 g/mol. The summed E-state index contributed by atoms with van der Waals surface area (Å²) in [6.45, 7) is 10.6. The standard InChI is InChI=1S/C15H23BrFN3/c1-15(2,3)20-8-6-19(7-9-20)12-5-4-11(10-18)13(16)14(12)17/h4-5H,6-10,18H2,1-3H3. The monoisotopic (exact) mass is 343 g/mol. The fourth-order valence-corrected chi connectivity index (χ4v) is 3.10. The van der Waals surface area contributed by atoms with Crippen LogP contribution in [-0.2, 0) is 6.54 Å². The second-order valence-electron chi connectivity index (χ2n) is 6.22. The van der Waals surface area contributed by atoms with Crippen molar-refractivity contribution in [3.05, 3.63) is 28.0 Å².